The van der Waals surface area contributed by atoms with Crippen molar-refractivity contribution in [1.82, 2.24) is 9.27 Å². The maximum absolute atomic E-state index is 14.2. The summed E-state index contributed by atoms with van der Waals surface area (Å²) in [6.45, 7) is 2.74. The van der Waals surface area contributed by atoms with E-state index in [2.05, 4.69) is 9.69 Å². The zero-order chi connectivity index (χ0) is 28.5. The van der Waals surface area contributed by atoms with Crippen LogP contribution in [0.2, 0.25) is 0 Å². The Hall–Kier alpha value is -4.53. The van der Waals surface area contributed by atoms with Crippen molar-refractivity contribution in [3.63, 3.8) is 0 Å². The van der Waals surface area contributed by atoms with Gasteiger partial charge in [-0.1, -0.05) is 54.6 Å². The van der Waals surface area contributed by atoms with Gasteiger partial charge in [0.25, 0.3) is 11.8 Å². The molecule has 1 aliphatic heterocycles. The van der Waals surface area contributed by atoms with Gasteiger partial charge in [0.15, 0.2) is 0 Å². The summed E-state index contributed by atoms with van der Waals surface area (Å²) in [4.78, 5) is 29.7. The molecule has 0 aliphatic carbocycles. The van der Waals surface area contributed by atoms with E-state index in [1.807, 2.05) is 96.8 Å². The van der Waals surface area contributed by atoms with Gasteiger partial charge in [0.1, 0.15) is 11.4 Å². The molecule has 0 bridgehead atoms. The van der Waals surface area contributed by atoms with E-state index in [0.29, 0.717) is 30.1 Å². The molecule has 8 heteroatoms. The highest BCUT2D eigenvalue weighted by Gasteiger charge is 2.41. The molecule has 0 radical (unpaired) electrons. The molecule has 7 nitrogen and oxygen atoms in total. The number of carbonyl (C=O) groups is 2. The molecule has 0 spiro atoms. The molecule has 0 fully saturated rings. The first-order valence-electron chi connectivity index (χ1n) is 13.3. The molecule has 1 aromatic heterocycles. The van der Waals surface area contributed by atoms with Crippen LogP contribution < -0.4 is 10.1 Å². The van der Waals surface area contributed by atoms with Crippen molar-refractivity contribution in [2.75, 3.05) is 19.5 Å². The summed E-state index contributed by atoms with van der Waals surface area (Å²) in [7, 11) is 3.24. The number of hydrogen-bond donors (Lipinski definition) is 1. The Morgan fingerprint density at radius 2 is 1.73 bits per heavy atom. The molecular formula is C33H29N3O4S. The average molecular weight is 564 g/mol. The first-order chi connectivity index (χ1) is 20.0. The van der Waals surface area contributed by atoms with Crippen molar-refractivity contribution < 1.29 is 19.1 Å². The Morgan fingerprint density at radius 3 is 2.49 bits per heavy atom. The zero-order valence-corrected chi connectivity index (χ0v) is 23.8. The predicted octanol–water partition coefficient (Wildman–Crippen LogP) is 6.76. The first kappa shape index (κ1) is 26.7. The van der Waals surface area contributed by atoms with Gasteiger partial charge in [-0.05, 0) is 71.0 Å². The largest absolute Gasteiger partial charge is 0.497 e. The standard InChI is InChI=1S/C33H29N3O4S/c1-20-8-4-5-9-24(20)31-29-26(33(38)36(31)18-21-12-14-23(40-3)15-13-21)16-22(19-39-2)17-27(29)34-32(37)30-25-10-6-7-11-28(25)41-35-30/h4-17,31H,18-19H2,1-3H3,(H,34,37). The van der Waals surface area contributed by atoms with Gasteiger partial charge in [0, 0.05) is 35.9 Å². The maximum atomic E-state index is 14.2. The van der Waals surface area contributed by atoms with Crippen LogP contribution in [0.4, 0.5) is 5.69 Å². The third-order valence-corrected chi connectivity index (χ3v) is 8.29. The summed E-state index contributed by atoms with van der Waals surface area (Å²) in [6, 6.07) is 26.9. The molecule has 1 aliphatic rings. The van der Waals surface area contributed by atoms with Crippen LogP contribution in [0.3, 0.4) is 0 Å². The molecule has 1 atom stereocenters. The van der Waals surface area contributed by atoms with E-state index in [1.54, 1.807) is 14.2 Å². The normalized spacial score (nSPS) is 14.4. The van der Waals surface area contributed by atoms with Crippen LogP contribution in [0.1, 0.15) is 54.7 Å². The van der Waals surface area contributed by atoms with E-state index in [4.69, 9.17) is 9.47 Å². The smallest absolute Gasteiger partial charge is 0.276 e. The second-order valence-electron chi connectivity index (χ2n) is 10.1. The SMILES string of the molecule is COCc1cc(NC(=O)c2nsc3ccccc23)c2c(c1)C(=O)N(Cc1ccc(OC)cc1)C2c1ccccc1C. The van der Waals surface area contributed by atoms with Gasteiger partial charge in [0.05, 0.1) is 24.5 Å². The summed E-state index contributed by atoms with van der Waals surface area (Å²) < 4.78 is 16.1. The lowest BCUT2D eigenvalue weighted by Crippen LogP contribution is -2.29. The van der Waals surface area contributed by atoms with Crippen molar-refractivity contribution in [1.29, 1.82) is 0 Å². The Morgan fingerprint density at radius 1 is 0.976 bits per heavy atom. The van der Waals surface area contributed by atoms with Crippen LogP contribution >= 0.6 is 11.5 Å². The van der Waals surface area contributed by atoms with E-state index in [0.717, 1.165) is 43.7 Å². The number of anilines is 1. The minimum absolute atomic E-state index is 0.100. The van der Waals surface area contributed by atoms with Gasteiger partial charge < -0.3 is 19.7 Å². The number of nitrogens with zero attached hydrogens (tertiary/aromatic N) is 2. The Labute approximate surface area is 242 Å². The van der Waals surface area contributed by atoms with Crippen LogP contribution in [0.25, 0.3) is 10.1 Å². The van der Waals surface area contributed by atoms with Gasteiger partial charge >= 0.3 is 0 Å². The van der Waals surface area contributed by atoms with Crippen LogP contribution in [0, 0.1) is 6.92 Å². The van der Waals surface area contributed by atoms with Crippen molar-refractivity contribution in [3.8, 4) is 5.75 Å². The molecule has 4 aromatic carbocycles. The number of aryl methyl sites for hydroxylation is 1. The summed E-state index contributed by atoms with van der Waals surface area (Å²) in [5, 5.41) is 3.93. The highest BCUT2D eigenvalue weighted by Crippen LogP contribution is 2.45. The van der Waals surface area contributed by atoms with Crippen LogP contribution in [0.5, 0.6) is 5.75 Å². The van der Waals surface area contributed by atoms with Gasteiger partial charge in [0.2, 0.25) is 0 Å². The molecule has 0 saturated heterocycles. The van der Waals surface area contributed by atoms with E-state index in [1.165, 1.54) is 11.5 Å². The van der Waals surface area contributed by atoms with Crippen molar-refractivity contribution in [2.24, 2.45) is 0 Å². The Kier molecular flexibility index (Phi) is 7.26. The van der Waals surface area contributed by atoms with Crippen molar-refractivity contribution >= 4 is 39.1 Å². The predicted molar refractivity (Wildman–Crippen MR) is 161 cm³/mol. The lowest BCUT2D eigenvalue weighted by Gasteiger charge is -2.28. The minimum atomic E-state index is -0.403. The second-order valence-corrected chi connectivity index (χ2v) is 10.9. The number of ether oxygens (including phenoxy) is 2. The highest BCUT2D eigenvalue weighted by atomic mass is 32.1. The third-order valence-electron chi connectivity index (χ3n) is 7.46. The molecule has 1 unspecified atom stereocenters. The molecule has 1 N–H and O–H groups in total. The minimum Gasteiger partial charge on any atom is -0.497 e. The van der Waals surface area contributed by atoms with Crippen LogP contribution in [-0.4, -0.2) is 35.3 Å². The molecule has 206 valence electrons. The Bertz CT molecular complexity index is 1760. The van der Waals surface area contributed by atoms with E-state index in [9.17, 15) is 9.59 Å². The quantitative estimate of drug-likeness (QED) is 0.226. The molecule has 0 saturated carbocycles. The summed E-state index contributed by atoms with van der Waals surface area (Å²) in [5.74, 6) is 0.337. The second kappa shape index (κ2) is 11.2. The Balaban J connectivity index is 1.48. The number of benzene rings is 4. The van der Waals surface area contributed by atoms with Gasteiger partial charge in [-0.3, -0.25) is 9.59 Å². The number of methoxy groups -OCH3 is 2. The molecule has 5 aromatic rings. The lowest BCUT2D eigenvalue weighted by molar-refractivity contribution is 0.0735. The molecular weight excluding hydrogens is 534 g/mol. The van der Waals surface area contributed by atoms with Crippen molar-refractivity contribution in [2.45, 2.75) is 26.1 Å². The first-order valence-corrected chi connectivity index (χ1v) is 14.1. The van der Waals surface area contributed by atoms with Crippen LogP contribution in [0.15, 0.2) is 84.9 Å². The van der Waals surface area contributed by atoms with E-state index < -0.39 is 6.04 Å². The number of aromatic nitrogens is 1. The average Bonchev–Trinajstić information content (AvgIpc) is 3.54. The summed E-state index contributed by atoms with van der Waals surface area (Å²) in [6.07, 6.45) is 0. The fraction of sp³-hybridized carbons (Fsp3) is 0.182. The number of rotatable bonds is 8. The molecule has 41 heavy (non-hydrogen) atoms. The fourth-order valence-electron chi connectivity index (χ4n) is 5.50. The van der Waals surface area contributed by atoms with Crippen molar-refractivity contribution in [3.05, 3.63) is 124 Å². The number of carbonyl (C=O) groups excluding carboxylic acids is 2. The number of nitrogens with one attached hydrogen (secondary N) is 1. The van der Waals surface area contributed by atoms with E-state index >= 15 is 0 Å². The maximum Gasteiger partial charge on any atom is 0.276 e. The number of fused-ring (bicyclic) bond motifs is 2. The third kappa shape index (κ3) is 4.96. The zero-order valence-electron chi connectivity index (χ0n) is 23.0. The molecule has 6 rings (SSSR count). The van der Waals surface area contributed by atoms with Gasteiger partial charge in [-0.15, -0.1) is 0 Å². The monoisotopic (exact) mass is 563 g/mol. The topological polar surface area (TPSA) is 80.8 Å². The number of hydrogen-bond acceptors (Lipinski definition) is 6. The fourth-order valence-corrected chi connectivity index (χ4v) is 6.28. The molecule has 2 heterocycles. The number of amides is 2. The van der Waals surface area contributed by atoms with E-state index in [-0.39, 0.29) is 11.8 Å². The van der Waals surface area contributed by atoms with Crippen LogP contribution in [-0.2, 0) is 17.9 Å². The summed E-state index contributed by atoms with van der Waals surface area (Å²) >= 11 is 1.29. The summed E-state index contributed by atoms with van der Waals surface area (Å²) in [5.41, 5.74) is 6.10. The lowest BCUT2D eigenvalue weighted by atomic mass is 9.92. The van der Waals surface area contributed by atoms with Gasteiger partial charge in [-0.2, -0.15) is 4.37 Å². The molecule has 2 amide bonds. The van der Waals surface area contributed by atoms with Gasteiger partial charge in [-0.25, -0.2) is 0 Å². The highest BCUT2D eigenvalue weighted by molar-refractivity contribution is 7.13.